The average molecular weight is 359 g/mol. The van der Waals surface area contributed by atoms with Gasteiger partial charge in [-0.15, -0.1) is 11.3 Å². The molecule has 3 rings (SSSR count). The fourth-order valence-corrected chi connectivity index (χ4v) is 3.67. The van der Waals surface area contributed by atoms with Crippen LogP contribution in [-0.4, -0.2) is 20.9 Å². The van der Waals surface area contributed by atoms with Gasteiger partial charge >= 0.3 is 0 Å². The Morgan fingerprint density at radius 1 is 1.21 bits per heavy atom. The number of nitrogens with zero attached hydrogens (tertiary/aromatic N) is 3. The first-order valence-electron chi connectivity index (χ1n) is 7.79. The normalized spacial score (nSPS) is 18.2. The maximum absolute atomic E-state index is 13.2. The summed E-state index contributed by atoms with van der Waals surface area (Å²) in [6.07, 6.45) is -1.25. The average Bonchev–Trinajstić information content (AvgIpc) is 2.99. The number of hydrogen-bond donors (Lipinski definition) is 0. The largest absolute Gasteiger partial charge is 0.281 e. The molecule has 24 heavy (non-hydrogen) atoms. The van der Waals surface area contributed by atoms with Gasteiger partial charge in [-0.2, -0.15) is 0 Å². The minimum Gasteiger partial charge on any atom is -0.232 e. The molecule has 0 spiro atoms. The van der Waals surface area contributed by atoms with Crippen LogP contribution in [0.5, 0.6) is 0 Å². The molecular formula is C16H17F4N3S. The molecule has 0 unspecified atom stereocenters. The lowest BCUT2D eigenvalue weighted by atomic mass is 9.84. The fourth-order valence-electron chi connectivity index (χ4n) is 2.92. The summed E-state index contributed by atoms with van der Waals surface area (Å²) >= 11 is 1.08. The Morgan fingerprint density at radius 2 is 1.92 bits per heavy atom. The second kappa shape index (κ2) is 6.74. The highest BCUT2D eigenvalue weighted by Crippen LogP contribution is 2.37. The van der Waals surface area contributed by atoms with Gasteiger partial charge in [0.25, 0.3) is 6.43 Å². The van der Waals surface area contributed by atoms with Crippen molar-refractivity contribution in [2.24, 2.45) is 5.92 Å². The minimum absolute atomic E-state index is 0.0845. The van der Waals surface area contributed by atoms with E-state index >= 15 is 0 Å². The highest BCUT2D eigenvalue weighted by atomic mass is 32.1. The number of aromatic nitrogens is 3. The predicted molar refractivity (Wildman–Crippen MR) is 83.4 cm³/mol. The summed E-state index contributed by atoms with van der Waals surface area (Å²) in [5, 5.41) is 1.65. The zero-order valence-electron chi connectivity index (χ0n) is 13.1. The summed E-state index contributed by atoms with van der Waals surface area (Å²) in [6, 6.07) is 1.82. The molecule has 1 aliphatic rings. The quantitative estimate of drug-likeness (QED) is 0.703. The lowest BCUT2D eigenvalue weighted by molar-refractivity contribution is -0.0457. The van der Waals surface area contributed by atoms with Gasteiger partial charge in [0.05, 0.1) is 0 Å². The molecule has 3 nitrogen and oxygen atoms in total. The van der Waals surface area contributed by atoms with Crippen LogP contribution in [0.2, 0.25) is 0 Å². The summed E-state index contributed by atoms with van der Waals surface area (Å²) in [4.78, 5) is 12.5. The van der Waals surface area contributed by atoms with Crippen molar-refractivity contribution in [1.29, 1.82) is 0 Å². The van der Waals surface area contributed by atoms with Gasteiger partial charge in [-0.05, 0) is 38.2 Å². The Labute approximate surface area is 141 Å². The number of thiazole rings is 1. The molecule has 130 valence electrons. The van der Waals surface area contributed by atoms with Crippen molar-refractivity contribution in [2.75, 3.05) is 0 Å². The number of aryl methyl sites for hydroxylation is 1. The van der Waals surface area contributed by atoms with Crippen molar-refractivity contribution >= 4 is 11.3 Å². The summed E-state index contributed by atoms with van der Waals surface area (Å²) in [5.74, 6) is -2.06. The second-order valence-corrected chi connectivity index (χ2v) is 7.06. The third kappa shape index (κ3) is 4.09. The van der Waals surface area contributed by atoms with Gasteiger partial charge in [0, 0.05) is 29.6 Å². The van der Waals surface area contributed by atoms with Gasteiger partial charge in [-0.1, -0.05) is 0 Å². The van der Waals surface area contributed by atoms with Crippen molar-refractivity contribution in [2.45, 2.75) is 51.4 Å². The minimum atomic E-state index is -2.62. The Balaban J connectivity index is 1.76. The van der Waals surface area contributed by atoms with Crippen LogP contribution in [0.3, 0.4) is 0 Å². The van der Waals surface area contributed by atoms with Crippen LogP contribution in [0.4, 0.5) is 17.6 Å². The molecule has 0 bridgehead atoms. The highest BCUT2D eigenvalue weighted by molar-refractivity contribution is 7.13. The molecule has 0 saturated heterocycles. The Bertz CT molecular complexity index is 707. The molecule has 0 aromatic carbocycles. The van der Waals surface area contributed by atoms with E-state index in [4.69, 9.17) is 0 Å². The summed E-state index contributed by atoms with van der Waals surface area (Å²) in [5.41, 5.74) is 1.18. The van der Waals surface area contributed by atoms with E-state index in [2.05, 4.69) is 15.0 Å². The zero-order chi connectivity index (χ0) is 17.3. The SMILES string of the molecule is Cc1cc(CC2CCC(F)(F)CC2)nc(-c2nc(C(F)F)cs2)n1. The summed E-state index contributed by atoms with van der Waals surface area (Å²) in [7, 11) is 0. The highest BCUT2D eigenvalue weighted by Gasteiger charge is 2.35. The Morgan fingerprint density at radius 3 is 2.54 bits per heavy atom. The van der Waals surface area contributed by atoms with Crippen LogP contribution in [0, 0.1) is 12.8 Å². The maximum atomic E-state index is 13.2. The first kappa shape index (κ1) is 17.3. The first-order chi connectivity index (χ1) is 11.3. The van der Waals surface area contributed by atoms with Crippen molar-refractivity contribution in [3.8, 4) is 10.8 Å². The number of rotatable bonds is 4. The lowest BCUT2D eigenvalue weighted by Gasteiger charge is -2.28. The van der Waals surface area contributed by atoms with Gasteiger partial charge in [0.1, 0.15) is 5.69 Å². The van der Waals surface area contributed by atoms with Gasteiger partial charge < -0.3 is 0 Å². The molecule has 2 aromatic rings. The molecule has 1 aliphatic carbocycles. The van der Waals surface area contributed by atoms with E-state index in [-0.39, 0.29) is 24.5 Å². The molecule has 0 N–H and O–H groups in total. The van der Waals surface area contributed by atoms with E-state index in [1.54, 1.807) is 6.92 Å². The van der Waals surface area contributed by atoms with Crippen LogP contribution in [0.25, 0.3) is 10.8 Å². The maximum Gasteiger partial charge on any atom is 0.281 e. The zero-order valence-corrected chi connectivity index (χ0v) is 13.9. The predicted octanol–water partition coefficient (Wildman–Crippen LogP) is 5.21. The topological polar surface area (TPSA) is 38.7 Å². The molecule has 0 radical (unpaired) electrons. The van der Waals surface area contributed by atoms with E-state index in [9.17, 15) is 17.6 Å². The van der Waals surface area contributed by atoms with Gasteiger partial charge in [0.15, 0.2) is 10.8 Å². The molecule has 1 fully saturated rings. The lowest BCUT2D eigenvalue weighted by Crippen LogP contribution is -2.25. The van der Waals surface area contributed by atoms with E-state index in [0.29, 0.717) is 35.8 Å². The molecule has 2 heterocycles. The van der Waals surface area contributed by atoms with Gasteiger partial charge in [0.2, 0.25) is 5.92 Å². The van der Waals surface area contributed by atoms with E-state index in [1.807, 2.05) is 6.07 Å². The van der Waals surface area contributed by atoms with E-state index < -0.39 is 12.3 Å². The van der Waals surface area contributed by atoms with Crippen molar-refractivity contribution in [1.82, 2.24) is 15.0 Å². The number of hydrogen-bond acceptors (Lipinski definition) is 4. The smallest absolute Gasteiger partial charge is 0.232 e. The number of alkyl halides is 4. The van der Waals surface area contributed by atoms with Crippen molar-refractivity contribution < 1.29 is 17.6 Å². The second-order valence-electron chi connectivity index (χ2n) is 6.21. The van der Waals surface area contributed by atoms with Crippen LogP contribution in [0.15, 0.2) is 11.4 Å². The van der Waals surface area contributed by atoms with Gasteiger partial charge in [-0.25, -0.2) is 32.5 Å². The monoisotopic (exact) mass is 359 g/mol. The summed E-state index contributed by atoms with van der Waals surface area (Å²) < 4.78 is 51.8. The standard InChI is InChI=1S/C16H17F4N3S/c1-9-6-11(7-10-2-4-16(19,20)5-3-10)22-14(21-9)15-23-12(8-24-15)13(17)18/h6,8,10,13H,2-5,7H2,1H3. The van der Waals surface area contributed by atoms with Crippen LogP contribution < -0.4 is 0 Å². The van der Waals surface area contributed by atoms with Crippen LogP contribution in [0.1, 0.15) is 49.2 Å². The molecular weight excluding hydrogens is 342 g/mol. The molecule has 8 heteroatoms. The Kier molecular flexibility index (Phi) is 4.85. The van der Waals surface area contributed by atoms with Crippen molar-refractivity contribution in [3.05, 3.63) is 28.5 Å². The van der Waals surface area contributed by atoms with Crippen LogP contribution in [-0.2, 0) is 6.42 Å². The van der Waals surface area contributed by atoms with Crippen molar-refractivity contribution in [3.63, 3.8) is 0 Å². The molecule has 0 aliphatic heterocycles. The van der Waals surface area contributed by atoms with E-state index in [0.717, 1.165) is 17.0 Å². The van der Waals surface area contributed by atoms with E-state index in [1.165, 1.54) is 5.38 Å². The van der Waals surface area contributed by atoms with Crippen LogP contribution >= 0.6 is 11.3 Å². The number of halogens is 4. The van der Waals surface area contributed by atoms with Gasteiger partial charge in [-0.3, -0.25) is 0 Å². The third-order valence-corrected chi connectivity index (χ3v) is 5.04. The fraction of sp³-hybridized carbons (Fsp3) is 0.562. The molecule has 0 amide bonds. The summed E-state index contributed by atoms with van der Waals surface area (Å²) in [6.45, 7) is 1.80. The molecule has 2 aromatic heterocycles. The Hall–Kier alpha value is -1.57. The first-order valence-corrected chi connectivity index (χ1v) is 8.67. The third-order valence-electron chi connectivity index (χ3n) is 4.18. The molecule has 1 saturated carbocycles. The molecule has 0 atom stereocenters.